The van der Waals surface area contributed by atoms with Gasteiger partial charge in [-0.1, -0.05) is 0 Å². The average Bonchev–Trinajstić information content (AvgIpc) is 2.52. The first-order valence-electron chi connectivity index (χ1n) is 6.96. The van der Waals surface area contributed by atoms with Crippen molar-refractivity contribution in [3.8, 4) is 34.5 Å². The second-order valence-electron chi connectivity index (χ2n) is 5.36. The van der Waals surface area contributed by atoms with E-state index in [4.69, 9.17) is 9.47 Å². The fourth-order valence-electron chi connectivity index (χ4n) is 2.71. The summed E-state index contributed by atoms with van der Waals surface area (Å²) in [6.45, 7) is 0.226. The van der Waals surface area contributed by atoms with Gasteiger partial charge in [-0.2, -0.15) is 0 Å². The van der Waals surface area contributed by atoms with Crippen LogP contribution in [0.2, 0.25) is 0 Å². The third-order valence-corrected chi connectivity index (χ3v) is 3.82. The minimum absolute atomic E-state index is 0.0905. The molecule has 0 fully saturated rings. The SMILES string of the molecule is O=CO[C@@H]1Cc2c(O)cc(O)cc2O[C@@H]1c1cc(O)c(O)c(O)c1. The van der Waals surface area contributed by atoms with Crippen molar-refractivity contribution in [1.82, 2.24) is 0 Å². The molecule has 2 atom stereocenters. The number of rotatable bonds is 3. The van der Waals surface area contributed by atoms with E-state index >= 15 is 0 Å². The summed E-state index contributed by atoms with van der Waals surface area (Å²) < 4.78 is 10.7. The first kappa shape index (κ1) is 15.6. The van der Waals surface area contributed by atoms with E-state index < -0.39 is 29.5 Å². The molecule has 2 aromatic carbocycles. The minimum Gasteiger partial charge on any atom is -0.508 e. The molecular formula is C16H14O8. The molecular weight excluding hydrogens is 320 g/mol. The molecule has 0 saturated heterocycles. The maximum absolute atomic E-state index is 10.8. The van der Waals surface area contributed by atoms with Gasteiger partial charge in [0.05, 0.1) is 0 Å². The maximum Gasteiger partial charge on any atom is 0.293 e. The Morgan fingerprint density at radius 2 is 1.67 bits per heavy atom. The van der Waals surface area contributed by atoms with Crippen LogP contribution >= 0.6 is 0 Å². The standard InChI is InChI=1S/C16H14O8/c17-6-23-14-5-9-10(19)3-8(18)4-13(9)24-16(14)7-1-11(20)15(22)12(21)2-7/h1-4,6,14,16,18-22H,5H2/t14-,16-/m1/s1. The van der Waals surface area contributed by atoms with Crippen molar-refractivity contribution < 1.29 is 39.8 Å². The summed E-state index contributed by atoms with van der Waals surface area (Å²) in [5, 5.41) is 48.2. The van der Waals surface area contributed by atoms with Crippen molar-refractivity contribution in [2.24, 2.45) is 0 Å². The van der Waals surface area contributed by atoms with E-state index in [-0.39, 0.29) is 35.7 Å². The summed E-state index contributed by atoms with van der Waals surface area (Å²) in [4.78, 5) is 10.8. The van der Waals surface area contributed by atoms with Crippen molar-refractivity contribution in [3.05, 3.63) is 35.4 Å². The number of phenols is 5. The minimum atomic E-state index is -0.929. The van der Waals surface area contributed by atoms with E-state index in [0.29, 0.717) is 5.56 Å². The summed E-state index contributed by atoms with van der Waals surface area (Å²) in [5.41, 5.74) is 0.589. The largest absolute Gasteiger partial charge is 0.508 e. The number of carbonyl (C=O) groups is 1. The van der Waals surface area contributed by atoms with Gasteiger partial charge in [0.25, 0.3) is 6.47 Å². The Bertz CT molecular complexity index is 778. The highest BCUT2D eigenvalue weighted by molar-refractivity contribution is 5.55. The van der Waals surface area contributed by atoms with Crippen LogP contribution < -0.4 is 4.74 Å². The van der Waals surface area contributed by atoms with Crippen LogP contribution in [0.25, 0.3) is 0 Å². The van der Waals surface area contributed by atoms with E-state index in [1.54, 1.807) is 0 Å². The first-order chi connectivity index (χ1) is 11.4. The fraction of sp³-hybridized carbons (Fsp3) is 0.188. The topological polar surface area (TPSA) is 137 Å². The number of aromatic hydroxyl groups is 5. The Hall–Kier alpha value is -3.29. The van der Waals surface area contributed by atoms with Crippen LogP contribution in [-0.4, -0.2) is 38.1 Å². The van der Waals surface area contributed by atoms with Crippen molar-refractivity contribution in [2.45, 2.75) is 18.6 Å². The molecule has 1 aliphatic rings. The zero-order valence-electron chi connectivity index (χ0n) is 12.2. The van der Waals surface area contributed by atoms with E-state index in [1.165, 1.54) is 6.07 Å². The molecule has 5 N–H and O–H groups in total. The number of hydrogen-bond donors (Lipinski definition) is 5. The lowest BCUT2D eigenvalue weighted by Gasteiger charge is -2.33. The van der Waals surface area contributed by atoms with E-state index in [9.17, 15) is 30.3 Å². The molecule has 24 heavy (non-hydrogen) atoms. The lowest BCUT2D eigenvalue weighted by Crippen LogP contribution is -2.32. The highest BCUT2D eigenvalue weighted by Gasteiger charge is 2.35. The van der Waals surface area contributed by atoms with E-state index in [2.05, 4.69) is 0 Å². The smallest absolute Gasteiger partial charge is 0.293 e. The zero-order chi connectivity index (χ0) is 17.4. The monoisotopic (exact) mass is 334 g/mol. The molecule has 0 aromatic heterocycles. The number of fused-ring (bicyclic) bond motifs is 1. The quantitative estimate of drug-likeness (QED) is 0.420. The van der Waals surface area contributed by atoms with Gasteiger partial charge in [0.1, 0.15) is 23.4 Å². The Morgan fingerprint density at radius 3 is 2.29 bits per heavy atom. The van der Waals surface area contributed by atoms with Gasteiger partial charge in [0.15, 0.2) is 23.4 Å². The van der Waals surface area contributed by atoms with Crippen LogP contribution in [0.1, 0.15) is 17.2 Å². The second-order valence-corrected chi connectivity index (χ2v) is 5.36. The van der Waals surface area contributed by atoms with Gasteiger partial charge in [0, 0.05) is 29.7 Å². The van der Waals surface area contributed by atoms with Gasteiger partial charge < -0.3 is 35.0 Å². The Labute approximate surface area is 135 Å². The highest BCUT2D eigenvalue weighted by atomic mass is 16.6. The Kier molecular flexibility index (Phi) is 3.72. The molecule has 0 bridgehead atoms. The van der Waals surface area contributed by atoms with Crippen LogP contribution in [0.5, 0.6) is 34.5 Å². The normalized spacial score (nSPS) is 19.2. The number of carbonyl (C=O) groups excluding carboxylic acids is 1. The van der Waals surface area contributed by atoms with Crippen molar-refractivity contribution in [2.75, 3.05) is 0 Å². The summed E-state index contributed by atoms with van der Waals surface area (Å²) in [6, 6.07) is 4.75. The predicted molar refractivity (Wildman–Crippen MR) is 79.2 cm³/mol. The molecule has 8 nitrogen and oxygen atoms in total. The molecule has 0 amide bonds. The van der Waals surface area contributed by atoms with Crippen LogP contribution in [0.4, 0.5) is 0 Å². The molecule has 2 aromatic rings. The molecule has 8 heteroatoms. The van der Waals surface area contributed by atoms with Crippen LogP contribution in [-0.2, 0) is 16.0 Å². The van der Waals surface area contributed by atoms with Gasteiger partial charge in [-0.15, -0.1) is 0 Å². The summed E-state index contributed by atoms with van der Waals surface area (Å²) >= 11 is 0. The summed E-state index contributed by atoms with van der Waals surface area (Å²) in [7, 11) is 0. The molecule has 0 saturated carbocycles. The number of hydrogen-bond acceptors (Lipinski definition) is 8. The average molecular weight is 334 g/mol. The lowest BCUT2D eigenvalue weighted by molar-refractivity contribution is -0.139. The first-order valence-corrected chi connectivity index (χ1v) is 6.96. The van der Waals surface area contributed by atoms with Crippen molar-refractivity contribution in [3.63, 3.8) is 0 Å². The van der Waals surface area contributed by atoms with Gasteiger partial charge in [0.2, 0.25) is 0 Å². The van der Waals surface area contributed by atoms with Crippen molar-refractivity contribution in [1.29, 1.82) is 0 Å². The van der Waals surface area contributed by atoms with Crippen LogP contribution in [0, 0.1) is 0 Å². The zero-order valence-corrected chi connectivity index (χ0v) is 12.2. The van der Waals surface area contributed by atoms with Crippen molar-refractivity contribution >= 4 is 6.47 Å². The highest BCUT2D eigenvalue weighted by Crippen LogP contribution is 2.45. The van der Waals surface area contributed by atoms with E-state index in [1.807, 2.05) is 0 Å². The third kappa shape index (κ3) is 2.58. The number of benzene rings is 2. The Morgan fingerprint density at radius 1 is 1.00 bits per heavy atom. The van der Waals surface area contributed by atoms with E-state index in [0.717, 1.165) is 18.2 Å². The van der Waals surface area contributed by atoms with Crippen LogP contribution in [0.3, 0.4) is 0 Å². The molecule has 1 aliphatic heterocycles. The molecule has 0 unspecified atom stereocenters. The maximum atomic E-state index is 10.8. The van der Waals surface area contributed by atoms with Gasteiger partial charge in [-0.25, -0.2) is 0 Å². The van der Waals surface area contributed by atoms with Gasteiger partial charge in [-0.05, 0) is 12.1 Å². The molecule has 0 radical (unpaired) electrons. The molecule has 0 aliphatic carbocycles. The van der Waals surface area contributed by atoms with Gasteiger partial charge in [-0.3, -0.25) is 4.79 Å². The molecule has 1 heterocycles. The second kappa shape index (κ2) is 5.73. The van der Waals surface area contributed by atoms with Gasteiger partial charge >= 0.3 is 0 Å². The summed E-state index contributed by atoms with van der Waals surface area (Å²) in [5.74, 6) is -2.06. The molecule has 3 rings (SSSR count). The number of ether oxygens (including phenoxy) is 2. The molecule has 0 spiro atoms. The summed E-state index contributed by atoms with van der Waals surface area (Å²) in [6.07, 6.45) is -1.69. The fourth-order valence-corrected chi connectivity index (χ4v) is 2.71. The number of phenolic OH excluding ortho intramolecular Hbond substituents is 5. The molecule has 126 valence electrons. The lowest BCUT2D eigenvalue weighted by atomic mass is 9.93. The third-order valence-electron chi connectivity index (χ3n) is 3.82. The predicted octanol–water partition coefficient (Wildman–Crippen LogP) is 1.43. The van der Waals surface area contributed by atoms with Crippen LogP contribution in [0.15, 0.2) is 24.3 Å². The Balaban J connectivity index is 2.07.